The summed E-state index contributed by atoms with van der Waals surface area (Å²) in [5.74, 6) is 1.10. The Balaban J connectivity index is 1.35. The number of carbonyl (C=O) groups is 2. The van der Waals surface area contributed by atoms with Gasteiger partial charge in [-0.1, -0.05) is 6.07 Å². The number of likely N-dealkylation sites (tertiary alicyclic amines) is 2. The molecule has 1 aromatic rings. The van der Waals surface area contributed by atoms with E-state index in [1.54, 1.807) is 0 Å². The second kappa shape index (κ2) is 6.91. The highest BCUT2D eigenvalue weighted by molar-refractivity contribution is 5.96. The highest BCUT2D eigenvalue weighted by atomic mass is 16.5. The van der Waals surface area contributed by atoms with Gasteiger partial charge in [0.25, 0.3) is 5.91 Å². The van der Waals surface area contributed by atoms with Gasteiger partial charge in [-0.05, 0) is 38.9 Å². The van der Waals surface area contributed by atoms with Crippen LogP contribution >= 0.6 is 0 Å². The number of rotatable bonds is 3. The van der Waals surface area contributed by atoms with E-state index in [9.17, 15) is 9.59 Å². The molecule has 3 aliphatic rings. The van der Waals surface area contributed by atoms with Gasteiger partial charge in [0.05, 0.1) is 12.5 Å². The molecule has 0 bridgehead atoms. The van der Waals surface area contributed by atoms with Gasteiger partial charge in [-0.3, -0.25) is 9.59 Å². The van der Waals surface area contributed by atoms with E-state index in [0.29, 0.717) is 24.8 Å². The predicted octanol–water partition coefficient (Wildman–Crippen LogP) is 1.29. The van der Waals surface area contributed by atoms with Crippen LogP contribution in [0.4, 0.5) is 0 Å². The van der Waals surface area contributed by atoms with Gasteiger partial charge in [0, 0.05) is 49.3 Å². The van der Waals surface area contributed by atoms with Gasteiger partial charge in [0.2, 0.25) is 5.91 Å². The van der Waals surface area contributed by atoms with Gasteiger partial charge >= 0.3 is 0 Å². The number of nitrogens with one attached hydrogen (secondary N) is 1. The molecule has 3 heterocycles. The van der Waals surface area contributed by atoms with Gasteiger partial charge in [0.1, 0.15) is 5.75 Å². The molecule has 1 unspecified atom stereocenters. The smallest absolute Gasteiger partial charge is 0.251 e. The normalized spacial score (nSPS) is 28.1. The van der Waals surface area contributed by atoms with E-state index >= 15 is 0 Å². The molecule has 140 valence electrons. The molecule has 2 fully saturated rings. The predicted molar refractivity (Wildman–Crippen MR) is 98.3 cm³/mol. The third-order valence-electron chi connectivity index (χ3n) is 6.06. The summed E-state index contributed by atoms with van der Waals surface area (Å²) in [6.07, 6.45) is 2.53. The number of amides is 2. The Morgan fingerprint density at radius 3 is 2.88 bits per heavy atom. The van der Waals surface area contributed by atoms with Crippen LogP contribution in [0.2, 0.25) is 0 Å². The fourth-order valence-corrected chi connectivity index (χ4v) is 4.41. The first kappa shape index (κ1) is 17.3. The Labute approximate surface area is 154 Å². The number of hydrogen-bond acceptors (Lipinski definition) is 4. The summed E-state index contributed by atoms with van der Waals surface area (Å²) in [4.78, 5) is 29.6. The molecule has 26 heavy (non-hydrogen) atoms. The van der Waals surface area contributed by atoms with Crippen molar-refractivity contribution in [3.05, 3.63) is 29.3 Å². The molecule has 0 aliphatic carbocycles. The van der Waals surface area contributed by atoms with Crippen LogP contribution in [0, 0.1) is 5.92 Å². The van der Waals surface area contributed by atoms with Crippen molar-refractivity contribution in [1.29, 1.82) is 0 Å². The molecule has 3 atom stereocenters. The average Bonchev–Trinajstić information content (AvgIpc) is 3.34. The molecule has 0 aromatic heterocycles. The van der Waals surface area contributed by atoms with Crippen LogP contribution in [0.1, 0.15) is 35.7 Å². The maximum Gasteiger partial charge on any atom is 0.251 e. The van der Waals surface area contributed by atoms with Crippen molar-refractivity contribution < 1.29 is 14.3 Å². The Morgan fingerprint density at radius 1 is 1.27 bits per heavy atom. The van der Waals surface area contributed by atoms with E-state index in [-0.39, 0.29) is 23.8 Å². The number of carbonyl (C=O) groups excluding carboxylic acids is 2. The molecule has 0 radical (unpaired) electrons. The van der Waals surface area contributed by atoms with E-state index in [1.807, 2.05) is 23.1 Å². The Hall–Kier alpha value is -2.08. The van der Waals surface area contributed by atoms with Crippen molar-refractivity contribution in [3.8, 4) is 5.75 Å². The fourth-order valence-electron chi connectivity index (χ4n) is 4.41. The average molecular weight is 357 g/mol. The van der Waals surface area contributed by atoms with E-state index in [4.69, 9.17) is 4.74 Å². The second-order valence-electron chi connectivity index (χ2n) is 7.85. The zero-order chi connectivity index (χ0) is 18.3. The summed E-state index contributed by atoms with van der Waals surface area (Å²) in [7, 11) is 2.08. The van der Waals surface area contributed by atoms with Crippen LogP contribution in [0.5, 0.6) is 5.75 Å². The Morgan fingerprint density at radius 2 is 2.12 bits per heavy atom. The molecule has 0 spiro atoms. The molecule has 6 heteroatoms. The summed E-state index contributed by atoms with van der Waals surface area (Å²) in [5.41, 5.74) is 1.70. The minimum atomic E-state index is -0.0547. The van der Waals surface area contributed by atoms with Gasteiger partial charge in [0.15, 0.2) is 0 Å². The van der Waals surface area contributed by atoms with Crippen molar-refractivity contribution >= 4 is 11.8 Å². The lowest BCUT2D eigenvalue weighted by Crippen LogP contribution is -2.40. The Bertz CT molecular complexity index is 710. The molecular weight excluding hydrogens is 330 g/mol. The van der Waals surface area contributed by atoms with E-state index in [2.05, 4.69) is 24.2 Å². The van der Waals surface area contributed by atoms with E-state index in [1.165, 1.54) is 0 Å². The van der Waals surface area contributed by atoms with Crippen LogP contribution in [0.25, 0.3) is 0 Å². The second-order valence-corrected chi connectivity index (χ2v) is 7.85. The van der Waals surface area contributed by atoms with Crippen LogP contribution in [0.15, 0.2) is 18.2 Å². The molecule has 6 nitrogen and oxygen atoms in total. The zero-order valence-electron chi connectivity index (χ0n) is 15.5. The summed E-state index contributed by atoms with van der Waals surface area (Å²) in [5, 5.41) is 3.12. The van der Waals surface area contributed by atoms with Crippen LogP contribution in [-0.4, -0.2) is 67.0 Å². The summed E-state index contributed by atoms with van der Waals surface area (Å²) in [6.45, 7) is 4.99. The van der Waals surface area contributed by atoms with Crippen molar-refractivity contribution in [2.75, 3.05) is 33.3 Å². The first-order chi connectivity index (χ1) is 12.5. The first-order valence-corrected chi connectivity index (χ1v) is 9.57. The standard InChI is InChI=1S/C20H27N3O3/c1-13-10-14(11-22(13)2)20(25)23-8-6-15(12-23)21-19(24)17-4-3-5-18-16(17)7-9-26-18/h3-5,13-15H,6-12H2,1-2H3,(H,21,24)/t13-,14+,15?/m1/s1. The molecule has 2 saturated heterocycles. The molecule has 1 N–H and O–H groups in total. The van der Waals surface area contributed by atoms with Gasteiger partial charge in [-0.15, -0.1) is 0 Å². The molecule has 3 aliphatic heterocycles. The quantitative estimate of drug-likeness (QED) is 0.886. The van der Waals surface area contributed by atoms with Gasteiger partial charge < -0.3 is 19.9 Å². The number of hydrogen-bond donors (Lipinski definition) is 1. The SMILES string of the molecule is C[C@@H]1C[C@H](C(=O)N2CCC(NC(=O)c3cccc4c3CCO4)C2)CN1C. The van der Waals surface area contributed by atoms with Crippen molar-refractivity contribution in [3.63, 3.8) is 0 Å². The number of ether oxygens (including phenoxy) is 1. The number of fused-ring (bicyclic) bond motifs is 1. The van der Waals surface area contributed by atoms with Gasteiger partial charge in [-0.25, -0.2) is 0 Å². The zero-order valence-corrected chi connectivity index (χ0v) is 15.5. The van der Waals surface area contributed by atoms with Crippen LogP contribution in [0.3, 0.4) is 0 Å². The van der Waals surface area contributed by atoms with Crippen molar-refractivity contribution in [2.45, 2.75) is 38.3 Å². The Kier molecular flexibility index (Phi) is 4.61. The largest absolute Gasteiger partial charge is 0.493 e. The lowest BCUT2D eigenvalue weighted by atomic mass is 10.0. The first-order valence-electron chi connectivity index (χ1n) is 9.57. The molecule has 4 rings (SSSR count). The maximum atomic E-state index is 12.8. The molecule has 2 amide bonds. The minimum absolute atomic E-state index is 0.0289. The third kappa shape index (κ3) is 3.18. The number of benzene rings is 1. The number of nitrogens with zero attached hydrogens (tertiary/aromatic N) is 2. The van der Waals surface area contributed by atoms with E-state index < -0.39 is 0 Å². The molecule has 0 saturated carbocycles. The maximum absolute atomic E-state index is 12.8. The van der Waals surface area contributed by atoms with E-state index in [0.717, 1.165) is 43.7 Å². The monoisotopic (exact) mass is 357 g/mol. The highest BCUT2D eigenvalue weighted by Gasteiger charge is 2.37. The lowest BCUT2D eigenvalue weighted by Gasteiger charge is -2.21. The van der Waals surface area contributed by atoms with Crippen molar-refractivity contribution in [1.82, 2.24) is 15.1 Å². The van der Waals surface area contributed by atoms with Crippen molar-refractivity contribution in [2.24, 2.45) is 5.92 Å². The summed E-state index contributed by atoms with van der Waals surface area (Å²) < 4.78 is 5.55. The van der Waals surface area contributed by atoms with Gasteiger partial charge in [-0.2, -0.15) is 0 Å². The molecular formula is C20H27N3O3. The minimum Gasteiger partial charge on any atom is -0.493 e. The van der Waals surface area contributed by atoms with Crippen LogP contribution < -0.4 is 10.1 Å². The summed E-state index contributed by atoms with van der Waals surface area (Å²) in [6, 6.07) is 6.12. The molecule has 1 aromatic carbocycles. The fraction of sp³-hybridized carbons (Fsp3) is 0.600. The third-order valence-corrected chi connectivity index (χ3v) is 6.06. The topological polar surface area (TPSA) is 61.9 Å². The highest BCUT2D eigenvalue weighted by Crippen LogP contribution is 2.28. The lowest BCUT2D eigenvalue weighted by molar-refractivity contribution is -0.134. The van der Waals surface area contributed by atoms with Crippen LogP contribution in [-0.2, 0) is 11.2 Å². The summed E-state index contributed by atoms with van der Waals surface area (Å²) >= 11 is 0.